The molecule has 2 atom stereocenters. The van der Waals surface area contributed by atoms with Gasteiger partial charge in [-0.15, -0.1) is 0 Å². The molecule has 3 rings (SSSR count). The fraction of sp³-hybridized carbons (Fsp3) is 0.529. The minimum absolute atomic E-state index is 0.133. The number of aryl methyl sites for hydroxylation is 1. The number of carbonyl (C=O) groups is 1. The van der Waals surface area contributed by atoms with E-state index in [1.807, 2.05) is 39.0 Å². The molecule has 0 bridgehead atoms. The number of nitrogens with zero attached hydrogens (tertiary/aromatic N) is 1. The van der Waals surface area contributed by atoms with Gasteiger partial charge < -0.3 is 16.4 Å². The Morgan fingerprint density at radius 2 is 2.09 bits per heavy atom. The molecular formula is C17H24N4O. The first-order valence-corrected chi connectivity index (χ1v) is 7.83. The lowest BCUT2D eigenvalue weighted by Gasteiger charge is -2.29. The molecule has 1 aromatic heterocycles. The van der Waals surface area contributed by atoms with E-state index in [0.717, 1.165) is 30.1 Å². The third-order valence-corrected chi connectivity index (χ3v) is 4.83. The van der Waals surface area contributed by atoms with E-state index >= 15 is 0 Å². The van der Waals surface area contributed by atoms with Crippen LogP contribution in [0.1, 0.15) is 25.2 Å². The highest BCUT2D eigenvalue weighted by Gasteiger charge is 2.57. The van der Waals surface area contributed by atoms with Crippen molar-refractivity contribution in [3.8, 4) is 0 Å². The summed E-state index contributed by atoms with van der Waals surface area (Å²) >= 11 is 0. The topological polar surface area (TPSA) is 80.0 Å². The van der Waals surface area contributed by atoms with Crippen molar-refractivity contribution in [2.24, 2.45) is 23.5 Å². The van der Waals surface area contributed by atoms with Gasteiger partial charge in [0.25, 0.3) is 0 Å². The molecule has 1 amide bonds. The fourth-order valence-electron chi connectivity index (χ4n) is 3.57. The molecule has 1 aliphatic heterocycles. The third kappa shape index (κ3) is 2.61. The zero-order valence-corrected chi connectivity index (χ0v) is 13.4. The van der Waals surface area contributed by atoms with E-state index in [-0.39, 0.29) is 11.8 Å². The molecule has 1 saturated heterocycles. The Hall–Kier alpha value is -1.88. The second-order valence-electron chi connectivity index (χ2n) is 6.87. The molecule has 0 aromatic carbocycles. The van der Waals surface area contributed by atoms with E-state index in [9.17, 15) is 4.79 Å². The van der Waals surface area contributed by atoms with E-state index < -0.39 is 5.54 Å². The van der Waals surface area contributed by atoms with Crippen molar-refractivity contribution in [1.82, 2.24) is 15.6 Å². The molecule has 1 aliphatic carbocycles. The Kier molecular flexibility index (Phi) is 3.68. The van der Waals surface area contributed by atoms with E-state index in [0.29, 0.717) is 11.8 Å². The predicted molar refractivity (Wildman–Crippen MR) is 86.7 cm³/mol. The maximum absolute atomic E-state index is 12.5. The smallest absolute Gasteiger partial charge is 0.224 e. The van der Waals surface area contributed by atoms with E-state index in [1.54, 1.807) is 6.20 Å². The first kappa shape index (κ1) is 15.0. The van der Waals surface area contributed by atoms with Crippen molar-refractivity contribution in [3.63, 3.8) is 0 Å². The quantitative estimate of drug-likeness (QED) is 0.776. The average molecular weight is 300 g/mol. The van der Waals surface area contributed by atoms with Gasteiger partial charge in [-0.1, -0.05) is 6.07 Å². The van der Waals surface area contributed by atoms with Gasteiger partial charge in [0.05, 0.1) is 11.2 Å². The summed E-state index contributed by atoms with van der Waals surface area (Å²) in [5.41, 5.74) is 7.88. The molecule has 0 radical (unpaired) electrons. The van der Waals surface area contributed by atoms with E-state index in [1.165, 1.54) is 0 Å². The zero-order valence-electron chi connectivity index (χ0n) is 13.4. The number of nitrogens with one attached hydrogen (secondary N) is 2. The maximum atomic E-state index is 12.5. The summed E-state index contributed by atoms with van der Waals surface area (Å²) in [7, 11) is 0. The number of nitrogens with two attached hydrogens (primary N) is 1. The second kappa shape index (κ2) is 5.39. The third-order valence-electron chi connectivity index (χ3n) is 4.83. The molecule has 1 saturated carbocycles. The summed E-state index contributed by atoms with van der Waals surface area (Å²) in [6, 6.07) is 5.83. The molecule has 0 spiro atoms. The van der Waals surface area contributed by atoms with Crippen LogP contribution in [0.25, 0.3) is 5.57 Å². The zero-order chi connectivity index (χ0) is 15.9. The molecule has 2 heterocycles. The molecule has 5 nitrogen and oxygen atoms in total. The van der Waals surface area contributed by atoms with Gasteiger partial charge in [-0.25, -0.2) is 0 Å². The SMILES string of the molecule is Cc1cccc(/C(=C\N)C(C)(C)NC(=O)C2C3CNCC32)n1. The van der Waals surface area contributed by atoms with Gasteiger partial charge in [0, 0.05) is 23.4 Å². The van der Waals surface area contributed by atoms with Crippen LogP contribution < -0.4 is 16.4 Å². The van der Waals surface area contributed by atoms with Crippen LogP contribution in [0.4, 0.5) is 0 Å². The van der Waals surface area contributed by atoms with Gasteiger partial charge >= 0.3 is 0 Å². The van der Waals surface area contributed by atoms with Gasteiger partial charge in [-0.2, -0.15) is 0 Å². The summed E-state index contributed by atoms with van der Waals surface area (Å²) in [6.07, 6.45) is 1.55. The first-order valence-electron chi connectivity index (χ1n) is 7.83. The molecule has 4 N–H and O–H groups in total. The summed E-state index contributed by atoms with van der Waals surface area (Å²) in [5.74, 6) is 1.31. The normalized spacial score (nSPS) is 27.4. The summed E-state index contributed by atoms with van der Waals surface area (Å²) in [6.45, 7) is 7.82. The Morgan fingerprint density at radius 1 is 1.41 bits per heavy atom. The highest BCUT2D eigenvalue weighted by Crippen LogP contribution is 2.49. The van der Waals surface area contributed by atoms with Crippen molar-refractivity contribution in [2.75, 3.05) is 13.1 Å². The van der Waals surface area contributed by atoms with Crippen LogP contribution in [0.5, 0.6) is 0 Å². The number of hydrogen-bond donors (Lipinski definition) is 3. The van der Waals surface area contributed by atoms with Crippen LogP contribution in [0, 0.1) is 24.7 Å². The monoisotopic (exact) mass is 300 g/mol. The highest BCUT2D eigenvalue weighted by molar-refractivity contribution is 5.86. The second-order valence-corrected chi connectivity index (χ2v) is 6.87. The summed E-state index contributed by atoms with van der Waals surface area (Å²) in [4.78, 5) is 17.1. The van der Waals surface area contributed by atoms with Crippen molar-refractivity contribution in [3.05, 3.63) is 35.8 Å². The van der Waals surface area contributed by atoms with E-state index in [4.69, 9.17) is 5.73 Å². The Labute approximate surface area is 131 Å². The number of carbonyl (C=O) groups excluding carboxylic acids is 1. The molecule has 22 heavy (non-hydrogen) atoms. The van der Waals surface area contributed by atoms with Gasteiger partial charge in [-0.05, 0) is 57.8 Å². The number of aromatic nitrogens is 1. The average Bonchev–Trinajstić information content (AvgIpc) is 2.93. The van der Waals surface area contributed by atoms with Crippen LogP contribution in [0.2, 0.25) is 0 Å². The molecular weight excluding hydrogens is 276 g/mol. The number of pyridine rings is 1. The lowest BCUT2D eigenvalue weighted by molar-refractivity contribution is -0.124. The predicted octanol–water partition coefficient (Wildman–Crippen LogP) is 1.05. The van der Waals surface area contributed by atoms with Crippen LogP contribution in [0.15, 0.2) is 24.4 Å². The van der Waals surface area contributed by atoms with Crippen LogP contribution >= 0.6 is 0 Å². The summed E-state index contributed by atoms with van der Waals surface area (Å²) in [5, 5.41) is 6.47. The van der Waals surface area contributed by atoms with Crippen molar-refractivity contribution >= 4 is 11.5 Å². The fourth-order valence-corrected chi connectivity index (χ4v) is 3.57. The minimum atomic E-state index is -0.545. The van der Waals surface area contributed by atoms with Gasteiger partial charge in [0.15, 0.2) is 0 Å². The van der Waals surface area contributed by atoms with Crippen molar-refractivity contribution in [1.29, 1.82) is 0 Å². The number of hydrogen-bond acceptors (Lipinski definition) is 4. The standard InChI is InChI=1S/C17H24N4O/c1-10-5-4-6-14(20-10)13(7-18)17(2,3)21-16(22)15-11-8-19-9-12(11)15/h4-7,11-12,15,19H,8-9,18H2,1-3H3,(H,21,22)/b13-7+. The molecule has 1 aromatic rings. The minimum Gasteiger partial charge on any atom is -0.404 e. The Bertz CT molecular complexity index is 613. The van der Waals surface area contributed by atoms with Gasteiger partial charge in [-0.3, -0.25) is 9.78 Å². The number of fused-ring (bicyclic) bond motifs is 1. The maximum Gasteiger partial charge on any atom is 0.224 e. The number of amides is 1. The van der Waals surface area contributed by atoms with Crippen LogP contribution in [-0.4, -0.2) is 29.5 Å². The Balaban J connectivity index is 1.74. The molecule has 2 aliphatic rings. The largest absolute Gasteiger partial charge is 0.404 e. The van der Waals surface area contributed by atoms with Crippen LogP contribution in [-0.2, 0) is 4.79 Å². The number of piperidine rings is 1. The molecule has 118 valence electrons. The molecule has 2 fully saturated rings. The lowest BCUT2D eigenvalue weighted by atomic mass is 9.91. The Morgan fingerprint density at radius 3 is 2.68 bits per heavy atom. The van der Waals surface area contributed by atoms with Gasteiger partial charge in [0.1, 0.15) is 0 Å². The summed E-state index contributed by atoms with van der Waals surface area (Å²) < 4.78 is 0. The van der Waals surface area contributed by atoms with Crippen molar-refractivity contribution in [2.45, 2.75) is 26.3 Å². The van der Waals surface area contributed by atoms with E-state index in [2.05, 4.69) is 15.6 Å². The molecule has 5 heteroatoms. The lowest BCUT2D eigenvalue weighted by Crippen LogP contribution is -2.46. The first-order chi connectivity index (χ1) is 10.4. The van der Waals surface area contributed by atoms with Crippen molar-refractivity contribution < 1.29 is 4.79 Å². The van der Waals surface area contributed by atoms with Crippen LogP contribution in [0.3, 0.4) is 0 Å². The van der Waals surface area contributed by atoms with Gasteiger partial charge in [0.2, 0.25) is 5.91 Å². The highest BCUT2D eigenvalue weighted by atomic mass is 16.2. The molecule has 2 unspecified atom stereocenters. The number of rotatable bonds is 4.